The van der Waals surface area contributed by atoms with E-state index in [0.29, 0.717) is 11.8 Å². The first kappa shape index (κ1) is 16.4. The van der Waals surface area contributed by atoms with Crippen molar-refractivity contribution >= 4 is 24.0 Å². The maximum absolute atomic E-state index is 10.7. The lowest BCUT2D eigenvalue weighted by molar-refractivity contribution is 0.227. The maximum atomic E-state index is 10.7. The summed E-state index contributed by atoms with van der Waals surface area (Å²) in [4.78, 5) is 2.36. The minimum Gasteiger partial charge on any atom is -0.504 e. The molecular formula is C18H19Cl2NO2. The van der Waals surface area contributed by atoms with E-state index in [0.717, 1.165) is 35.5 Å². The predicted molar refractivity (Wildman–Crippen MR) is 95.1 cm³/mol. The highest BCUT2D eigenvalue weighted by atomic mass is 35.5. The number of ether oxygens (including phenoxy) is 1. The number of fused-ring (bicyclic) bond motifs is 2. The predicted octanol–water partition coefficient (Wildman–Crippen LogP) is 4.23. The van der Waals surface area contributed by atoms with E-state index in [9.17, 15) is 5.11 Å². The largest absolute Gasteiger partial charge is 0.504 e. The number of hydrogen-bond acceptors (Lipinski definition) is 3. The Morgan fingerprint density at radius 1 is 1.26 bits per heavy atom. The lowest BCUT2D eigenvalue weighted by atomic mass is 9.76. The third-order valence-corrected chi connectivity index (χ3v) is 5.19. The van der Waals surface area contributed by atoms with Crippen LogP contribution in [-0.2, 0) is 12.8 Å². The van der Waals surface area contributed by atoms with Gasteiger partial charge in [0.05, 0.1) is 7.11 Å². The molecule has 1 N–H and O–H groups in total. The number of nitrogens with zero attached hydrogens (tertiary/aromatic N) is 1. The minimum absolute atomic E-state index is 0. The van der Waals surface area contributed by atoms with Gasteiger partial charge in [-0.1, -0.05) is 17.7 Å². The van der Waals surface area contributed by atoms with Gasteiger partial charge in [0.25, 0.3) is 0 Å². The lowest BCUT2D eigenvalue weighted by Crippen LogP contribution is -2.35. The smallest absolute Gasteiger partial charge is 0.166 e. The first-order chi connectivity index (χ1) is 10.6. The second-order valence-corrected chi connectivity index (χ2v) is 6.56. The molecule has 1 atom stereocenters. The zero-order valence-electron chi connectivity index (χ0n) is 13.1. The van der Waals surface area contributed by atoms with Crippen LogP contribution in [0.5, 0.6) is 11.5 Å². The molecule has 1 heterocycles. The Morgan fingerprint density at radius 3 is 2.78 bits per heavy atom. The normalized spacial score (nSPS) is 18.7. The number of likely N-dealkylation sites (N-methyl/N-ethyl adjacent to an activating group) is 1. The van der Waals surface area contributed by atoms with Crippen LogP contribution in [0.3, 0.4) is 0 Å². The fraction of sp³-hybridized carbons (Fsp3) is 0.333. The summed E-state index contributed by atoms with van der Waals surface area (Å²) in [5, 5.41) is 11.5. The van der Waals surface area contributed by atoms with Crippen LogP contribution in [0.15, 0.2) is 24.3 Å². The van der Waals surface area contributed by atoms with Gasteiger partial charge in [0.2, 0.25) is 0 Å². The van der Waals surface area contributed by atoms with E-state index in [4.69, 9.17) is 16.3 Å². The molecule has 1 unspecified atom stereocenters. The average molecular weight is 352 g/mol. The second kappa shape index (κ2) is 5.90. The van der Waals surface area contributed by atoms with Gasteiger partial charge in [-0.25, -0.2) is 0 Å². The van der Waals surface area contributed by atoms with Crippen molar-refractivity contribution in [1.82, 2.24) is 4.90 Å². The van der Waals surface area contributed by atoms with E-state index in [-0.39, 0.29) is 18.2 Å². The molecular weight excluding hydrogens is 333 g/mol. The SMILES string of the molecule is COc1cc2c3c(c1O)-c1ccc(Cl)cc1CC3N(C)CC2.Cl. The molecule has 0 aromatic heterocycles. The Labute approximate surface area is 147 Å². The summed E-state index contributed by atoms with van der Waals surface area (Å²) in [5.41, 5.74) is 5.72. The standard InChI is InChI=1S/C18H18ClNO2.ClH/c1-20-6-5-10-9-15(22-2)18(21)17-13-4-3-12(19)7-11(13)8-14(20)16(10)17;/h3-4,7,9,14,21H,5-6,8H2,1-2H3;1H. The van der Waals surface area contributed by atoms with Crippen LogP contribution in [-0.4, -0.2) is 30.7 Å². The monoisotopic (exact) mass is 351 g/mol. The summed E-state index contributed by atoms with van der Waals surface area (Å²) in [6, 6.07) is 8.20. The molecule has 0 saturated carbocycles. The summed E-state index contributed by atoms with van der Waals surface area (Å²) in [7, 11) is 3.75. The highest BCUT2D eigenvalue weighted by Gasteiger charge is 2.35. The molecule has 5 heteroatoms. The molecule has 0 amide bonds. The molecule has 122 valence electrons. The van der Waals surface area contributed by atoms with Gasteiger partial charge in [-0.3, -0.25) is 4.90 Å². The molecule has 0 spiro atoms. The quantitative estimate of drug-likeness (QED) is 0.834. The number of benzene rings is 2. The zero-order valence-corrected chi connectivity index (χ0v) is 14.7. The van der Waals surface area contributed by atoms with Gasteiger partial charge in [-0.15, -0.1) is 12.4 Å². The van der Waals surface area contributed by atoms with Gasteiger partial charge in [0.1, 0.15) is 0 Å². The van der Waals surface area contributed by atoms with Crippen molar-refractivity contribution < 1.29 is 9.84 Å². The van der Waals surface area contributed by atoms with E-state index in [1.807, 2.05) is 24.3 Å². The molecule has 1 aliphatic carbocycles. The maximum Gasteiger partial charge on any atom is 0.166 e. The van der Waals surface area contributed by atoms with Crippen LogP contribution in [0.2, 0.25) is 5.02 Å². The van der Waals surface area contributed by atoms with Gasteiger partial charge >= 0.3 is 0 Å². The third kappa shape index (κ3) is 2.38. The molecule has 3 nitrogen and oxygen atoms in total. The van der Waals surface area contributed by atoms with Crippen LogP contribution >= 0.6 is 24.0 Å². The molecule has 2 aliphatic rings. The van der Waals surface area contributed by atoms with Crippen molar-refractivity contribution in [2.24, 2.45) is 0 Å². The van der Waals surface area contributed by atoms with Crippen molar-refractivity contribution in [3.8, 4) is 22.6 Å². The number of phenolic OH excluding ortho intramolecular Hbond substituents is 1. The van der Waals surface area contributed by atoms with Crippen LogP contribution in [0.25, 0.3) is 11.1 Å². The fourth-order valence-corrected chi connectivity index (χ4v) is 4.04. The van der Waals surface area contributed by atoms with Crippen molar-refractivity contribution in [2.45, 2.75) is 18.9 Å². The van der Waals surface area contributed by atoms with Crippen LogP contribution in [0.4, 0.5) is 0 Å². The second-order valence-electron chi connectivity index (χ2n) is 6.13. The molecule has 0 bridgehead atoms. The highest BCUT2D eigenvalue weighted by Crippen LogP contribution is 2.51. The van der Waals surface area contributed by atoms with Gasteiger partial charge in [0, 0.05) is 23.2 Å². The molecule has 1 aliphatic heterocycles. The fourth-order valence-electron chi connectivity index (χ4n) is 3.85. The topological polar surface area (TPSA) is 32.7 Å². The average Bonchev–Trinajstić information content (AvgIpc) is 2.51. The van der Waals surface area contributed by atoms with Crippen LogP contribution in [0.1, 0.15) is 22.7 Å². The molecule has 2 aromatic carbocycles. The van der Waals surface area contributed by atoms with Gasteiger partial charge in [-0.05, 0) is 60.3 Å². The van der Waals surface area contributed by atoms with Gasteiger partial charge in [0.15, 0.2) is 11.5 Å². The first-order valence-electron chi connectivity index (χ1n) is 7.52. The van der Waals surface area contributed by atoms with Crippen molar-refractivity contribution in [2.75, 3.05) is 20.7 Å². The third-order valence-electron chi connectivity index (χ3n) is 4.96. The number of phenols is 1. The molecule has 4 rings (SSSR count). The lowest BCUT2D eigenvalue weighted by Gasteiger charge is -2.40. The minimum atomic E-state index is 0. The molecule has 23 heavy (non-hydrogen) atoms. The summed E-state index contributed by atoms with van der Waals surface area (Å²) in [5.74, 6) is 0.796. The van der Waals surface area contributed by atoms with Crippen molar-refractivity contribution in [3.63, 3.8) is 0 Å². The molecule has 0 fully saturated rings. The summed E-state index contributed by atoms with van der Waals surface area (Å²) in [6.07, 6.45) is 1.91. The Morgan fingerprint density at radius 2 is 2.04 bits per heavy atom. The Kier molecular flexibility index (Phi) is 4.21. The Hall–Kier alpha value is -1.42. The van der Waals surface area contributed by atoms with E-state index in [1.165, 1.54) is 16.7 Å². The van der Waals surface area contributed by atoms with Gasteiger partial charge in [-0.2, -0.15) is 0 Å². The van der Waals surface area contributed by atoms with Crippen LogP contribution in [0, 0.1) is 0 Å². The van der Waals surface area contributed by atoms with E-state index in [1.54, 1.807) is 7.11 Å². The van der Waals surface area contributed by atoms with E-state index < -0.39 is 0 Å². The molecule has 2 aromatic rings. The summed E-state index contributed by atoms with van der Waals surface area (Å²) in [6.45, 7) is 1.01. The number of hydrogen-bond donors (Lipinski definition) is 1. The number of rotatable bonds is 1. The molecule has 0 radical (unpaired) electrons. The number of halogens is 2. The summed E-state index contributed by atoms with van der Waals surface area (Å²) >= 11 is 6.17. The number of methoxy groups -OCH3 is 1. The van der Waals surface area contributed by atoms with E-state index >= 15 is 0 Å². The number of aromatic hydroxyl groups is 1. The first-order valence-corrected chi connectivity index (χ1v) is 7.89. The Balaban J connectivity index is 0.00000156. The summed E-state index contributed by atoms with van der Waals surface area (Å²) < 4.78 is 5.39. The van der Waals surface area contributed by atoms with E-state index in [2.05, 4.69) is 11.9 Å². The van der Waals surface area contributed by atoms with Gasteiger partial charge < -0.3 is 9.84 Å². The molecule has 0 saturated heterocycles. The zero-order chi connectivity index (χ0) is 15.4. The highest BCUT2D eigenvalue weighted by molar-refractivity contribution is 6.30. The van der Waals surface area contributed by atoms with Crippen LogP contribution < -0.4 is 4.74 Å². The van der Waals surface area contributed by atoms with Crippen molar-refractivity contribution in [3.05, 3.63) is 46.0 Å². The van der Waals surface area contributed by atoms with Crippen molar-refractivity contribution in [1.29, 1.82) is 0 Å². The Bertz CT molecular complexity index is 776.